The number of likely N-dealkylation sites (tertiary alicyclic amines) is 1. The summed E-state index contributed by atoms with van der Waals surface area (Å²) in [5.74, 6) is 0.333. The zero-order valence-corrected chi connectivity index (χ0v) is 11.9. The molecule has 0 radical (unpaired) electrons. The topological polar surface area (TPSA) is 75.4 Å². The Morgan fingerprint density at radius 2 is 2.00 bits per heavy atom. The molecule has 19 heavy (non-hydrogen) atoms. The van der Waals surface area contributed by atoms with E-state index in [-0.39, 0.29) is 6.04 Å². The van der Waals surface area contributed by atoms with Crippen molar-refractivity contribution in [2.45, 2.75) is 12.0 Å². The molecule has 1 heterocycles. The molecule has 2 atom stereocenters. The molecule has 6 heteroatoms. The number of nitrogens with one attached hydrogen (secondary N) is 1. The van der Waals surface area contributed by atoms with Crippen LogP contribution >= 0.6 is 0 Å². The summed E-state index contributed by atoms with van der Waals surface area (Å²) >= 11 is 0. The molecule has 1 fully saturated rings. The number of rotatable bonds is 5. The first-order valence-corrected chi connectivity index (χ1v) is 8.32. The minimum Gasteiger partial charge on any atom is -0.326 e. The minimum atomic E-state index is -3.10. The molecule has 0 aromatic heterocycles. The van der Waals surface area contributed by atoms with E-state index in [1.807, 2.05) is 18.2 Å². The van der Waals surface area contributed by atoms with Gasteiger partial charge in [-0.05, 0) is 5.56 Å². The summed E-state index contributed by atoms with van der Waals surface area (Å²) in [5.41, 5.74) is 7.44. The van der Waals surface area contributed by atoms with Gasteiger partial charge in [0, 0.05) is 38.1 Å². The molecule has 1 aromatic carbocycles. The van der Waals surface area contributed by atoms with Crippen molar-refractivity contribution in [3.8, 4) is 0 Å². The van der Waals surface area contributed by atoms with Crippen LogP contribution < -0.4 is 10.5 Å². The first kappa shape index (κ1) is 14.5. The molecule has 3 N–H and O–H groups in total. The number of hydrogen-bond acceptors (Lipinski definition) is 4. The third-order valence-corrected chi connectivity index (χ3v) is 4.19. The SMILES string of the molecule is CS(=O)(=O)NCCN1C[C@@H](N)[C@H](c2ccccc2)C1. The third-order valence-electron chi connectivity index (χ3n) is 3.46. The van der Waals surface area contributed by atoms with Crippen molar-refractivity contribution in [1.82, 2.24) is 9.62 Å². The molecule has 1 saturated heterocycles. The Hall–Kier alpha value is -0.950. The summed E-state index contributed by atoms with van der Waals surface area (Å²) in [4.78, 5) is 2.21. The summed E-state index contributed by atoms with van der Waals surface area (Å²) in [5, 5.41) is 0. The fourth-order valence-corrected chi connectivity index (χ4v) is 3.00. The normalized spacial score (nSPS) is 24.7. The molecule has 1 aliphatic heterocycles. The second kappa shape index (κ2) is 6.00. The largest absolute Gasteiger partial charge is 0.326 e. The Morgan fingerprint density at radius 3 is 2.63 bits per heavy atom. The first-order chi connectivity index (χ1) is 8.96. The monoisotopic (exact) mass is 283 g/mol. The van der Waals surface area contributed by atoms with Crippen LogP contribution in [-0.4, -0.2) is 51.8 Å². The number of nitrogens with two attached hydrogens (primary N) is 1. The van der Waals surface area contributed by atoms with Crippen molar-refractivity contribution in [1.29, 1.82) is 0 Å². The van der Waals surface area contributed by atoms with Gasteiger partial charge in [0.15, 0.2) is 0 Å². The van der Waals surface area contributed by atoms with Crippen LogP contribution in [0.15, 0.2) is 30.3 Å². The highest BCUT2D eigenvalue weighted by atomic mass is 32.2. The third kappa shape index (κ3) is 4.28. The fourth-order valence-electron chi connectivity index (χ4n) is 2.54. The molecular formula is C13H21N3O2S. The maximum atomic E-state index is 11.0. The molecule has 0 saturated carbocycles. The number of benzene rings is 1. The molecule has 0 unspecified atom stereocenters. The summed E-state index contributed by atoms with van der Waals surface area (Å²) in [6, 6.07) is 10.4. The van der Waals surface area contributed by atoms with Crippen molar-refractivity contribution in [3.05, 3.63) is 35.9 Å². The second-order valence-electron chi connectivity index (χ2n) is 5.11. The van der Waals surface area contributed by atoms with Crippen molar-refractivity contribution in [3.63, 3.8) is 0 Å². The molecule has 0 spiro atoms. The van der Waals surface area contributed by atoms with Crippen LogP contribution in [0, 0.1) is 0 Å². The number of sulfonamides is 1. The molecule has 0 aliphatic carbocycles. The highest BCUT2D eigenvalue weighted by molar-refractivity contribution is 7.88. The lowest BCUT2D eigenvalue weighted by Crippen LogP contribution is -2.34. The van der Waals surface area contributed by atoms with E-state index in [2.05, 4.69) is 21.8 Å². The van der Waals surface area contributed by atoms with E-state index >= 15 is 0 Å². The molecule has 0 bridgehead atoms. The molecule has 2 rings (SSSR count). The highest BCUT2D eigenvalue weighted by Gasteiger charge is 2.30. The van der Waals surface area contributed by atoms with E-state index in [4.69, 9.17) is 5.73 Å². The van der Waals surface area contributed by atoms with Crippen LogP contribution in [0.1, 0.15) is 11.5 Å². The van der Waals surface area contributed by atoms with Crippen molar-refractivity contribution in [2.75, 3.05) is 32.4 Å². The zero-order chi connectivity index (χ0) is 13.9. The lowest BCUT2D eigenvalue weighted by Gasteiger charge is -2.16. The molecule has 1 aliphatic rings. The Kier molecular flexibility index (Phi) is 4.57. The van der Waals surface area contributed by atoms with Crippen molar-refractivity contribution >= 4 is 10.0 Å². The predicted molar refractivity (Wildman–Crippen MR) is 76.4 cm³/mol. The molecule has 106 valence electrons. The van der Waals surface area contributed by atoms with E-state index in [1.54, 1.807) is 0 Å². The van der Waals surface area contributed by atoms with Gasteiger partial charge in [0.2, 0.25) is 10.0 Å². The Morgan fingerprint density at radius 1 is 1.32 bits per heavy atom. The van der Waals surface area contributed by atoms with Gasteiger partial charge in [-0.3, -0.25) is 4.90 Å². The highest BCUT2D eigenvalue weighted by Crippen LogP contribution is 2.25. The van der Waals surface area contributed by atoms with Gasteiger partial charge in [-0.25, -0.2) is 13.1 Å². The minimum absolute atomic E-state index is 0.112. The van der Waals surface area contributed by atoms with Crippen LogP contribution in [0.3, 0.4) is 0 Å². The summed E-state index contributed by atoms with van der Waals surface area (Å²) in [7, 11) is -3.10. The van der Waals surface area contributed by atoms with Crippen LogP contribution in [0.4, 0.5) is 0 Å². The zero-order valence-electron chi connectivity index (χ0n) is 11.1. The van der Waals surface area contributed by atoms with E-state index in [9.17, 15) is 8.42 Å². The summed E-state index contributed by atoms with van der Waals surface area (Å²) in [6.45, 7) is 2.83. The van der Waals surface area contributed by atoms with Crippen LogP contribution in [0.2, 0.25) is 0 Å². The van der Waals surface area contributed by atoms with Gasteiger partial charge in [0.05, 0.1) is 6.26 Å². The van der Waals surface area contributed by atoms with Gasteiger partial charge in [0.1, 0.15) is 0 Å². The van der Waals surface area contributed by atoms with E-state index in [0.717, 1.165) is 13.1 Å². The lowest BCUT2D eigenvalue weighted by molar-refractivity contribution is 0.336. The van der Waals surface area contributed by atoms with Gasteiger partial charge in [0.25, 0.3) is 0 Å². The van der Waals surface area contributed by atoms with E-state index in [1.165, 1.54) is 11.8 Å². The van der Waals surface area contributed by atoms with E-state index in [0.29, 0.717) is 19.0 Å². The second-order valence-corrected chi connectivity index (χ2v) is 6.94. The lowest BCUT2D eigenvalue weighted by atomic mass is 9.95. The summed E-state index contributed by atoms with van der Waals surface area (Å²) in [6.07, 6.45) is 1.18. The average molecular weight is 283 g/mol. The van der Waals surface area contributed by atoms with Crippen LogP contribution in [0.25, 0.3) is 0 Å². The quantitative estimate of drug-likeness (QED) is 0.795. The fraction of sp³-hybridized carbons (Fsp3) is 0.538. The summed E-state index contributed by atoms with van der Waals surface area (Å²) < 4.78 is 24.5. The predicted octanol–water partition coefficient (Wildman–Crippen LogP) is -0.0377. The molecule has 0 amide bonds. The number of nitrogens with zero attached hydrogens (tertiary/aromatic N) is 1. The van der Waals surface area contributed by atoms with Gasteiger partial charge < -0.3 is 5.73 Å². The van der Waals surface area contributed by atoms with Gasteiger partial charge in [-0.15, -0.1) is 0 Å². The molecular weight excluding hydrogens is 262 g/mol. The van der Waals surface area contributed by atoms with E-state index < -0.39 is 10.0 Å². The van der Waals surface area contributed by atoms with Gasteiger partial charge in [-0.2, -0.15) is 0 Å². The Balaban J connectivity index is 1.88. The average Bonchev–Trinajstić information content (AvgIpc) is 2.70. The van der Waals surface area contributed by atoms with Gasteiger partial charge in [-0.1, -0.05) is 30.3 Å². The Labute approximate surface area is 114 Å². The maximum absolute atomic E-state index is 11.0. The smallest absolute Gasteiger partial charge is 0.208 e. The molecule has 5 nitrogen and oxygen atoms in total. The van der Waals surface area contributed by atoms with Crippen molar-refractivity contribution < 1.29 is 8.42 Å². The standard InChI is InChI=1S/C13H21N3O2S/c1-19(17,18)15-7-8-16-9-12(13(14)10-16)11-5-3-2-4-6-11/h2-6,12-13,15H,7-10,14H2,1H3/t12-,13+/m0/s1. The maximum Gasteiger partial charge on any atom is 0.208 e. The first-order valence-electron chi connectivity index (χ1n) is 6.43. The van der Waals surface area contributed by atoms with Crippen LogP contribution in [-0.2, 0) is 10.0 Å². The van der Waals surface area contributed by atoms with Crippen LogP contribution in [0.5, 0.6) is 0 Å². The van der Waals surface area contributed by atoms with Gasteiger partial charge >= 0.3 is 0 Å². The number of hydrogen-bond donors (Lipinski definition) is 2. The Bertz CT molecular complexity index is 504. The molecule has 1 aromatic rings. The van der Waals surface area contributed by atoms with Crippen molar-refractivity contribution in [2.24, 2.45) is 5.73 Å².